The predicted octanol–water partition coefficient (Wildman–Crippen LogP) is 2.22. The number of likely N-dealkylation sites (tertiary alicyclic amines) is 1. The van der Waals surface area contributed by atoms with Crippen molar-refractivity contribution in [3.63, 3.8) is 0 Å². The zero-order valence-electron chi connectivity index (χ0n) is 17.0. The van der Waals surface area contributed by atoms with Gasteiger partial charge in [0.1, 0.15) is 5.75 Å². The molecule has 1 aliphatic rings. The van der Waals surface area contributed by atoms with Gasteiger partial charge in [-0.3, -0.25) is 9.59 Å². The van der Waals surface area contributed by atoms with Crippen LogP contribution in [0.1, 0.15) is 34.3 Å². The summed E-state index contributed by atoms with van der Waals surface area (Å²) in [6.45, 7) is 4.95. The monoisotopic (exact) mass is 414 g/mol. The molecule has 0 bridgehead atoms. The molecule has 2 aromatic carbocycles. The Kier molecular flexibility index (Phi) is 6.34. The maximum absolute atomic E-state index is 12.4. The van der Waals surface area contributed by atoms with Crippen LogP contribution in [0.2, 0.25) is 0 Å². The van der Waals surface area contributed by atoms with Gasteiger partial charge in [0.2, 0.25) is 0 Å². The van der Waals surface area contributed by atoms with Crippen molar-refractivity contribution in [1.82, 2.24) is 10.2 Å². The van der Waals surface area contributed by atoms with E-state index in [0.29, 0.717) is 31.7 Å². The maximum atomic E-state index is 12.4. The third-order valence-electron chi connectivity index (χ3n) is 5.36. The third-order valence-corrected chi connectivity index (χ3v) is 5.36. The SMILES string of the molecule is Cc1ccc(OCC(=O)N2CCC(NC(=O)c3cc(O)c(O)c(O)c3)CC2)cc1C. The molecule has 0 unspecified atom stereocenters. The minimum Gasteiger partial charge on any atom is -0.504 e. The van der Waals surface area contributed by atoms with Gasteiger partial charge < -0.3 is 30.3 Å². The van der Waals surface area contributed by atoms with E-state index in [2.05, 4.69) is 5.32 Å². The third kappa shape index (κ3) is 4.94. The summed E-state index contributed by atoms with van der Waals surface area (Å²) in [5.74, 6) is -1.71. The summed E-state index contributed by atoms with van der Waals surface area (Å²) in [5, 5.41) is 31.3. The second kappa shape index (κ2) is 8.94. The summed E-state index contributed by atoms with van der Waals surface area (Å²) in [4.78, 5) is 26.5. The van der Waals surface area contributed by atoms with Crippen LogP contribution in [0, 0.1) is 13.8 Å². The normalized spacial score (nSPS) is 14.4. The summed E-state index contributed by atoms with van der Waals surface area (Å²) in [6, 6.07) is 7.75. The molecule has 1 aliphatic heterocycles. The first kappa shape index (κ1) is 21.3. The van der Waals surface area contributed by atoms with Gasteiger partial charge in [0.15, 0.2) is 23.9 Å². The Morgan fingerprint density at radius 1 is 1.03 bits per heavy atom. The van der Waals surface area contributed by atoms with E-state index in [9.17, 15) is 24.9 Å². The fourth-order valence-electron chi connectivity index (χ4n) is 3.32. The Labute approximate surface area is 174 Å². The number of benzene rings is 2. The van der Waals surface area contributed by atoms with Crippen molar-refractivity contribution in [2.24, 2.45) is 0 Å². The molecule has 1 saturated heterocycles. The van der Waals surface area contributed by atoms with Crippen molar-refractivity contribution in [2.45, 2.75) is 32.7 Å². The summed E-state index contributed by atoms with van der Waals surface area (Å²) in [6.07, 6.45) is 1.16. The lowest BCUT2D eigenvalue weighted by atomic mass is 10.0. The topological polar surface area (TPSA) is 119 Å². The van der Waals surface area contributed by atoms with Crippen LogP contribution in [0.25, 0.3) is 0 Å². The van der Waals surface area contributed by atoms with Crippen LogP contribution in [-0.4, -0.2) is 57.8 Å². The van der Waals surface area contributed by atoms with Gasteiger partial charge in [-0.1, -0.05) is 6.07 Å². The molecule has 0 atom stereocenters. The minimum absolute atomic E-state index is 0.0361. The zero-order valence-corrected chi connectivity index (χ0v) is 17.0. The van der Waals surface area contributed by atoms with E-state index in [4.69, 9.17) is 4.74 Å². The van der Waals surface area contributed by atoms with Gasteiger partial charge >= 0.3 is 0 Å². The van der Waals surface area contributed by atoms with Gasteiger partial charge in [0, 0.05) is 24.7 Å². The molecule has 0 spiro atoms. The van der Waals surface area contributed by atoms with Crippen molar-refractivity contribution in [2.75, 3.05) is 19.7 Å². The number of rotatable bonds is 5. The molecule has 160 valence electrons. The smallest absolute Gasteiger partial charge is 0.260 e. The molecule has 8 nitrogen and oxygen atoms in total. The number of phenols is 3. The summed E-state index contributed by atoms with van der Waals surface area (Å²) in [5.41, 5.74) is 2.31. The van der Waals surface area contributed by atoms with Crippen molar-refractivity contribution in [1.29, 1.82) is 0 Å². The molecular formula is C22H26N2O6. The van der Waals surface area contributed by atoms with Crippen molar-refractivity contribution < 1.29 is 29.6 Å². The van der Waals surface area contributed by atoms with Crippen molar-refractivity contribution in [3.05, 3.63) is 47.0 Å². The van der Waals surface area contributed by atoms with E-state index in [1.165, 1.54) is 0 Å². The number of hydrogen-bond acceptors (Lipinski definition) is 6. The predicted molar refractivity (Wildman–Crippen MR) is 110 cm³/mol. The number of carbonyl (C=O) groups excluding carboxylic acids is 2. The van der Waals surface area contributed by atoms with E-state index >= 15 is 0 Å². The Morgan fingerprint density at radius 2 is 1.67 bits per heavy atom. The van der Waals surface area contributed by atoms with Gasteiger partial charge in [-0.25, -0.2) is 0 Å². The highest BCUT2D eigenvalue weighted by atomic mass is 16.5. The van der Waals surface area contributed by atoms with Crippen LogP contribution in [0.4, 0.5) is 0 Å². The molecule has 30 heavy (non-hydrogen) atoms. The Balaban J connectivity index is 1.47. The van der Waals surface area contributed by atoms with E-state index in [0.717, 1.165) is 23.3 Å². The summed E-state index contributed by atoms with van der Waals surface area (Å²) >= 11 is 0. The van der Waals surface area contributed by atoms with Crippen LogP contribution in [0.5, 0.6) is 23.0 Å². The number of nitrogens with one attached hydrogen (secondary N) is 1. The second-order valence-corrected chi connectivity index (χ2v) is 7.53. The summed E-state index contributed by atoms with van der Waals surface area (Å²) in [7, 11) is 0. The molecular weight excluding hydrogens is 388 g/mol. The maximum Gasteiger partial charge on any atom is 0.260 e. The fourth-order valence-corrected chi connectivity index (χ4v) is 3.32. The number of aryl methyl sites for hydroxylation is 2. The Morgan fingerprint density at radius 3 is 2.27 bits per heavy atom. The number of hydrogen-bond donors (Lipinski definition) is 4. The first-order valence-corrected chi connectivity index (χ1v) is 9.78. The first-order valence-electron chi connectivity index (χ1n) is 9.78. The van der Waals surface area contributed by atoms with Gasteiger partial charge in [0.25, 0.3) is 11.8 Å². The van der Waals surface area contributed by atoms with Crippen molar-refractivity contribution >= 4 is 11.8 Å². The molecule has 0 radical (unpaired) electrons. The molecule has 4 N–H and O–H groups in total. The number of ether oxygens (including phenoxy) is 1. The molecule has 0 aliphatic carbocycles. The number of carbonyl (C=O) groups is 2. The van der Waals surface area contributed by atoms with Gasteiger partial charge in [-0.2, -0.15) is 0 Å². The minimum atomic E-state index is -0.665. The number of aromatic hydroxyl groups is 3. The van der Waals surface area contributed by atoms with Gasteiger partial charge in [-0.05, 0) is 62.1 Å². The van der Waals surface area contributed by atoms with E-state index < -0.39 is 23.2 Å². The summed E-state index contributed by atoms with van der Waals surface area (Å²) < 4.78 is 5.61. The molecule has 3 rings (SSSR count). The highest BCUT2D eigenvalue weighted by Gasteiger charge is 2.25. The molecule has 8 heteroatoms. The highest BCUT2D eigenvalue weighted by Crippen LogP contribution is 2.35. The molecule has 0 saturated carbocycles. The van der Waals surface area contributed by atoms with Crippen LogP contribution in [0.15, 0.2) is 30.3 Å². The van der Waals surface area contributed by atoms with Crippen molar-refractivity contribution in [3.8, 4) is 23.0 Å². The second-order valence-electron chi connectivity index (χ2n) is 7.53. The molecule has 0 aromatic heterocycles. The lowest BCUT2D eigenvalue weighted by Crippen LogP contribution is -2.47. The lowest BCUT2D eigenvalue weighted by molar-refractivity contribution is -0.134. The Hall–Kier alpha value is -3.42. The average molecular weight is 414 g/mol. The van der Waals surface area contributed by atoms with Gasteiger partial charge in [-0.15, -0.1) is 0 Å². The number of nitrogens with zero attached hydrogens (tertiary/aromatic N) is 1. The average Bonchev–Trinajstić information content (AvgIpc) is 2.72. The van der Waals surface area contributed by atoms with E-state index in [1.807, 2.05) is 32.0 Å². The first-order chi connectivity index (χ1) is 14.2. The van der Waals surface area contributed by atoms with E-state index in [1.54, 1.807) is 4.90 Å². The van der Waals surface area contributed by atoms with Crippen LogP contribution in [0.3, 0.4) is 0 Å². The van der Waals surface area contributed by atoms with Gasteiger partial charge in [0.05, 0.1) is 0 Å². The molecule has 1 fully saturated rings. The molecule has 2 amide bonds. The quantitative estimate of drug-likeness (QED) is 0.557. The van der Waals surface area contributed by atoms with Crippen LogP contribution >= 0.6 is 0 Å². The molecule has 2 aromatic rings. The molecule has 1 heterocycles. The zero-order chi connectivity index (χ0) is 21.8. The largest absolute Gasteiger partial charge is 0.504 e. The van der Waals surface area contributed by atoms with E-state index in [-0.39, 0.29) is 24.1 Å². The fraction of sp³-hybridized carbons (Fsp3) is 0.364. The highest BCUT2D eigenvalue weighted by molar-refractivity contribution is 5.95. The lowest BCUT2D eigenvalue weighted by Gasteiger charge is -2.32. The van der Waals surface area contributed by atoms with Crippen LogP contribution < -0.4 is 10.1 Å². The number of phenolic OH excluding ortho intramolecular Hbond substituents is 3. The van der Waals surface area contributed by atoms with Crippen LogP contribution in [-0.2, 0) is 4.79 Å². The Bertz CT molecular complexity index is 928. The standard InChI is InChI=1S/C22H26N2O6/c1-13-3-4-17(9-14(13)2)30-12-20(27)24-7-5-16(6-8-24)23-22(29)15-10-18(25)21(28)19(26)11-15/h3-4,9-11,16,25-26,28H,5-8,12H2,1-2H3,(H,23,29). The number of amides is 2. The number of piperidine rings is 1.